The van der Waals surface area contributed by atoms with Crippen molar-refractivity contribution in [3.8, 4) is 0 Å². The second-order valence-electron chi connectivity index (χ2n) is 17.6. The largest absolute Gasteiger partial charge is 0.462 e. The molecule has 0 amide bonds. The van der Waals surface area contributed by atoms with Crippen LogP contribution in [0.3, 0.4) is 0 Å². The van der Waals surface area contributed by atoms with Crippen LogP contribution in [0.5, 0.6) is 0 Å². The zero-order valence-electron chi connectivity index (χ0n) is 39.1. The number of ether oxygens (including phenoxy) is 2. The van der Waals surface area contributed by atoms with E-state index >= 15 is 0 Å². The van der Waals surface area contributed by atoms with Crippen LogP contribution in [0.1, 0.15) is 284 Å². The number of esters is 2. The summed E-state index contributed by atoms with van der Waals surface area (Å²) < 4.78 is 10.7. The fourth-order valence-corrected chi connectivity index (χ4v) is 7.78. The molecule has 5 nitrogen and oxygen atoms in total. The summed E-state index contributed by atoms with van der Waals surface area (Å²) in [6.45, 7) is 4.14. The molecule has 1 atom stereocenters. The van der Waals surface area contributed by atoms with Crippen LogP contribution >= 0.6 is 0 Å². The van der Waals surface area contributed by atoms with Gasteiger partial charge in [0.05, 0.1) is 6.61 Å². The minimum Gasteiger partial charge on any atom is -0.462 e. The van der Waals surface area contributed by atoms with Crippen LogP contribution in [-0.4, -0.2) is 36.4 Å². The lowest BCUT2D eigenvalue weighted by Gasteiger charge is -2.15. The van der Waals surface area contributed by atoms with Gasteiger partial charge >= 0.3 is 11.9 Å². The number of hydrogen-bond donors (Lipinski definition) is 1. The lowest BCUT2D eigenvalue weighted by molar-refractivity contribution is -0.161. The maximum Gasteiger partial charge on any atom is 0.306 e. The van der Waals surface area contributed by atoms with E-state index in [0.717, 1.165) is 44.9 Å². The Morgan fingerprint density at radius 2 is 0.638 bits per heavy atom. The highest BCUT2D eigenvalue weighted by molar-refractivity contribution is 5.70. The summed E-state index contributed by atoms with van der Waals surface area (Å²) in [7, 11) is 0. The van der Waals surface area contributed by atoms with Crippen molar-refractivity contribution in [3.63, 3.8) is 0 Å². The van der Waals surface area contributed by atoms with Gasteiger partial charge in [0, 0.05) is 12.8 Å². The Morgan fingerprint density at radius 1 is 0.379 bits per heavy atom. The molecule has 0 rings (SSSR count). The highest BCUT2D eigenvalue weighted by Gasteiger charge is 2.16. The van der Waals surface area contributed by atoms with Gasteiger partial charge in [0.1, 0.15) is 6.61 Å². The van der Waals surface area contributed by atoms with Gasteiger partial charge in [0.2, 0.25) is 0 Å². The number of aliphatic hydroxyl groups is 1. The lowest BCUT2D eigenvalue weighted by Crippen LogP contribution is -2.28. The van der Waals surface area contributed by atoms with Crippen LogP contribution in [0.15, 0.2) is 24.3 Å². The van der Waals surface area contributed by atoms with Gasteiger partial charge in [-0.3, -0.25) is 9.59 Å². The minimum atomic E-state index is -0.770. The third-order valence-corrected chi connectivity index (χ3v) is 11.7. The van der Waals surface area contributed by atoms with E-state index in [9.17, 15) is 14.7 Å². The first-order chi connectivity index (χ1) is 28.6. The van der Waals surface area contributed by atoms with Gasteiger partial charge in [0.15, 0.2) is 6.10 Å². The zero-order valence-corrected chi connectivity index (χ0v) is 39.1. The molecule has 0 aromatic heterocycles. The number of hydrogen-bond acceptors (Lipinski definition) is 5. The third-order valence-electron chi connectivity index (χ3n) is 11.7. The monoisotopic (exact) mass is 817 g/mol. The van der Waals surface area contributed by atoms with Crippen LogP contribution in [0, 0.1) is 0 Å². The van der Waals surface area contributed by atoms with Crippen LogP contribution < -0.4 is 0 Å². The molecule has 0 saturated heterocycles. The molecule has 0 spiro atoms. The highest BCUT2D eigenvalue weighted by Crippen LogP contribution is 2.16. The van der Waals surface area contributed by atoms with Crippen molar-refractivity contribution >= 4 is 11.9 Å². The summed E-state index contributed by atoms with van der Waals surface area (Å²) in [5.41, 5.74) is 0. The molecule has 0 aromatic rings. The number of rotatable bonds is 48. The van der Waals surface area contributed by atoms with E-state index < -0.39 is 6.10 Å². The Bertz CT molecular complexity index is 882. The Hall–Kier alpha value is -1.62. The fourth-order valence-electron chi connectivity index (χ4n) is 7.78. The van der Waals surface area contributed by atoms with E-state index in [2.05, 4.69) is 38.2 Å². The predicted molar refractivity (Wildman–Crippen MR) is 251 cm³/mol. The minimum absolute atomic E-state index is 0.0654. The summed E-state index contributed by atoms with van der Waals surface area (Å²) >= 11 is 0. The van der Waals surface area contributed by atoms with E-state index in [4.69, 9.17) is 9.47 Å². The normalized spacial score (nSPS) is 12.3. The summed E-state index contributed by atoms with van der Waals surface area (Å²) in [4.78, 5) is 24.4. The molecule has 1 unspecified atom stereocenters. The number of allylic oxidation sites excluding steroid dienone is 4. The second kappa shape index (κ2) is 49.7. The Morgan fingerprint density at radius 3 is 0.948 bits per heavy atom. The maximum atomic E-state index is 12.2. The average molecular weight is 817 g/mol. The van der Waals surface area contributed by atoms with Gasteiger partial charge in [-0.2, -0.15) is 0 Å². The number of carbonyl (C=O) groups excluding carboxylic acids is 2. The second-order valence-corrected chi connectivity index (χ2v) is 17.6. The summed E-state index contributed by atoms with van der Waals surface area (Å²) in [5, 5.41) is 9.60. The van der Waals surface area contributed by atoms with Crippen molar-refractivity contribution in [1.82, 2.24) is 0 Å². The summed E-state index contributed by atoms with van der Waals surface area (Å²) in [6, 6.07) is 0. The molecule has 0 aliphatic rings. The molecule has 0 radical (unpaired) electrons. The van der Waals surface area contributed by atoms with Crippen LogP contribution in [0.4, 0.5) is 0 Å². The predicted octanol–water partition coefficient (Wildman–Crippen LogP) is 17.0. The highest BCUT2D eigenvalue weighted by atomic mass is 16.6. The number of carbonyl (C=O) groups is 2. The molecule has 342 valence electrons. The molecular weight excluding hydrogens is 717 g/mol. The van der Waals surface area contributed by atoms with Crippen LogP contribution in [0.2, 0.25) is 0 Å². The molecule has 0 bridgehead atoms. The first-order valence-electron chi connectivity index (χ1n) is 25.9. The van der Waals surface area contributed by atoms with Gasteiger partial charge < -0.3 is 14.6 Å². The molecular formula is C53H100O5. The summed E-state index contributed by atoms with van der Waals surface area (Å²) in [6.07, 6.45) is 61.5. The Balaban J connectivity index is 3.40. The Kier molecular flexibility index (Phi) is 48.4. The quantitative estimate of drug-likeness (QED) is 0.0376. The standard InChI is InChI=1S/C53H100O5/c1-3-5-7-9-11-13-15-17-18-19-20-21-22-23-24-25-26-27-28-29-30-31-32-33-34-36-38-40-42-44-46-48-53(56)58-51(49-54)50-57-52(55)47-45-43-41-39-37-35-16-14-12-10-8-6-4-2/h14,16,19-20,51,54H,3-13,15,17-18,21-50H2,1-2H3/b16-14-,20-19-. The molecule has 0 aliphatic heterocycles. The van der Waals surface area contributed by atoms with E-state index in [1.807, 2.05) is 0 Å². The van der Waals surface area contributed by atoms with Gasteiger partial charge in [-0.25, -0.2) is 0 Å². The van der Waals surface area contributed by atoms with Crippen LogP contribution in [-0.2, 0) is 19.1 Å². The zero-order chi connectivity index (χ0) is 42.1. The number of unbranched alkanes of at least 4 members (excludes halogenated alkanes) is 36. The van der Waals surface area contributed by atoms with Crippen molar-refractivity contribution in [3.05, 3.63) is 24.3 Å². The van der Waals surface area contributed by atoms with Gasteiger partial charge in [0.25, 0.3) is 0 Å². The molecule has 5 heteroatoms. The average Bonchev–Trinajstić information content (AvgIpc) is 3.23. The SMILES string of the molecule is CCCCCC/C=C\CCCCCCCC(=O)OCC(CO)OC(=O)CCCCCCCCCCCCCCCCCCCCC/C=C\CCCCCCCCCC. The smallest absolute Gasteiger partial charge is 0.306 e. The van der Waals surface area contributed by atoms with E-state index in [1.165, 1.54) is 212 Å². The van der Waals surface area contributed by atoms with Gasteiger partial charge in [-0.15, -0.1) is 0 Å². The first-order valence-corrected chi connectivity index (χ1v) is 25.9. The Labute approximate surface area is 362 Å². The maximum absolute atomic E-state index is 12.2. The van der Waals surface area contributed by atoms with Crippen molar-refractivity contribution in [1.29, 1.82) is 0 Å². The fraction of sp³-hybridized carbons (Fsp3) is 0.887. The van der Waals surface area contributed by atoms with Crippen LogP contribution in [0.25, 0.3) is 0 Å². The molecule has 1 N–H and O–H groups in total. The molecule has 0 heterocycles. The molecule has 0 saturated carbocycles. The van der Waals surface area contributed by atoms with Crippen molar-refractivity contribution in [2.24, 2.45) is 0 Å². The van der Waals surface area contributed by atoms with E-state index in [-0.39, 0.29) is 25.2 Å². The van der Waals surface area contributed by atoms with Crippen molar-refractivity contribution in [2.75, 3.05) is 13.2 Å². The first kappa shape index (κ1) is 56.4. The van der Waals surface area contributed by atoms with Crippen molar-refractivity contribution in [2.45, 2.75) is 290 Å². The molecule has 0 aromatic carbocycles. The molecule has 0 aliphatic carbocycles. The topological polar surface area (TPSA) is 72.8 Å². The summed E-state index contributed by atoms with van der Waals surface area (Å²) in [5.74, 6) is -0.588. The van der Waals surface area contributed by atoms with E-state index in [0.29, 0.717) is 12.8 Å². The molecule has 0 fully saturated rings. The van der Waals surface area contributed by atoms with Gasteiger partial charge in [-0.05, 0) is 64.2 Å². The lowest BCUT2D eigenvalue weighted by atomic mass is 10.0. The number of aliphatic hydroxyl groups excluding tert-OH is 1. The van der Waals surface area contributed by atoms with Crippen molar-refractivity contribution < 1.29 is 24.2 Å². The molecule has 58 heavy (non-hydrogen) atoms. The third kappa shape index (κ3) is 47.1. The van der Waals surface area contributed by atoms with Gasteiger partial charge in [-0.1, -0.05) is 231 Å². The van der Waals surface area contributed by atoms with E-state index in [1.54, 1.807) is 0 Å².